The van der Waals surface area contributed by atoms with Crippen LogP contribution in [0.2, 0.25) is 0 Å². The molecule has 2 heteroatoms. The van der Waals surface area contributed by atoms with Gasteiger partial charge in [0.25, 0.3) is 0 Å². The van der Waals surface area contributed by atoms with Crippen LogP contribution >= 0.6 is 0 Å². The minimum atomic E-state index is 0.148. The number of rotatable bonds is 3. The first-order valence-electron chi connectivity index (χ1n) is 5.15. The van der Waals surface area contributed by atoms with Crippen LogP contribution < -0.4 is 5.73 Å². The lowest BCUT2D eigenvalue weighted by atomic mass is 9.86. The van der Waals surface area contributed by atoms with Gasteiger partial charge in [0.05, 0.1) is 6.61 Å². The summed E-state index contributed by atoms with van der Waals surface area (Å²) in [4.78, 5) is 0. The molecule has 0 radical (unpaired) electrons. The molecule has 0 spiro atoms. The smallest absolute Gasteiger partial charge is 0.0502 e. The van der Waals surface area contributed by atoms with E-state index in [2.05, 4.69) is 0 Å². The minimum Gasteiger partial charge on any atom is -0.396 e. The van der Waals surface area contributed by atoms with E-state index in [9.17, 15) is 5.11 Å². The molecule has 0 bridgehead atoms. The fourth-order valence-corrected chi connectivity index (χ4v) is 2.57. The summed E-state index contributed by atoms with van der Waals surface area (Å²) in [5.41, 5.74) is 6.32. The topological polar surface area (TPSA) is 46.2 Å². The Morgan fingerprint density at radius 2 is 1.92 bits per heavy atom. The van der Waals surface area contributed by atoms with Gasteiger partial charge in [0.1, 0.15) is 0 Å². The highest BCUT2D eigenvalue weighted by atomic mass is 16.3. The Morgan fingerprint density at radius 3 is 2.33 bits per heavy atom. The molecule has 2 fully saturated rings. The quantitative estimate of drug-likeness (QED) is 0.668. The summed E-state index contributed by atoms with van der Waals surface area (Å²) >= 11 is 0. The van der Waals surface area contributed by atoms with E-state index in [4.69, 9.17) is 5.73 Å². The van der Waals surface area contributed by atoms with E-state index in [1.54, 1.807) is 0 Å². The van der Waals surface area contributed by atoms with Crippen LogP contribution in [0.3, 0.4) is 0 Å². The van der Waals surface area contributed by atoms with E-state index >= 15 is 0 Å². The molecule has 2 saturated carbocycles. The largest absolute Gasteiger partial charge is 0.396 e. The highest BCUT2D eigenvalue weighted by Gasteiger charge is 2.49. The van der Waals surface area contributed by atoms with Crippen molar-refractivity contribution in [2.75, 3.05) is 6.61 Å². The maximum atomic E-state index is 9.21. The van der Waals surface area contributed by atoms with E-state index in [-0.39, 0.29) is 11.5 Å². The van der Waals surface area contributed by atoms with Crippen LogP contribution in [0.4, 0.5) is 0 Å². The number of aliphatic hydroxyl groups excluding tert-OH is 1. The van der Waals surface area contributed by atoms with Crippen molar-refractivity contribution in [3.63, 3.8) is 0 Å². The highest BCUT2D eigenvalue weighted by Crippen LogP contribution is 2.51. The fraction of sp³-hybridized carbons (Fsp3) is 1.00. The predicted octanol–water partition coefficient (Wildman–Crippen LogP) is 1.28. The van der Waals surface area contributed by atoms with Crippen LogP contribution in [-0.2, 0) is 0 Å². The molecule has 0 aromatic rings. The summed E-state index contributed by atoms with van der Waals surface area (Å²) in [6.07, 6.45) is 7.59. The minimum absolute atomic E-state index is 0.148. The molecular weight excluding hydrogens is 150 g/mol. The number of nitrogens with two attached hydrogens (primary N) is 1. The van der Waals surface area contributed by atoms with Gasteiger partial charge in [-0.25, -0.2) is 0 Å². The van der Waals surface area contributed by atoms with Crippen LogP contribution in [0.1, 0.15) is 38.5 Å². The summed E-state index contributed by atoms with van der Waals surface area (Å²) in [6.45, 7) is 0.310. The van der Waals surface area contributed by atoms with Gasteiger partial charge in [-0.1, -0.05) is 12.8 Å². The fourth-order valence-electron chi connectivity index (χ4n) is 2.57. The molecule has 2 rings (SSSR count). The molecule has 0 heterocycles. The first-order valence-corrected chi connectivity index (χ1v) is 5.15. The van der Waals surface area contributed by atoms with Crippen LogP contribution in [0.5, 0.6) is 0 Å². The monoisotopic (exact) mass is 169 g/mol. The van der Waals surface area contributed by atoms with Crippen LogP contribution in [0.25, 0.3) is 0 Å². The van der Waals surface area contributed by atoms with Crippen LogP contribution in [0.15, 0.2) is 0 Å². The zero-order chi connectivity index (χ0) is 8.60. The predicted molar refractivity (Wildman–Crippen MR) is 48.7 cm³/mol. The van der Waals surface area contributed by atoms with Gasteiger partial charge in [-0.15, -0.1) is 0 Å². The summed E-state index contributed by atoms with van der Waals surface area (Å²) in [6, 6.07) is 0.282. The molecule has 0 aromatic heterocycles. The summed E-state index contributed by atoms with van der Waals surface area (Å²) in [5.74, 6) is 0.708. The van der Waals surface area contributed by atoms with E-state index in [0.717, 1.165) is 12.8 Å². The van der Waals surface area contributed by atoms with Gasteiger partial charge in [0.15, 0.2) is 0 Å². The molecular formula is C10H19NO. The molecule has 2 nitrogen and oxygen atoms in total. The molecule has 1 atom stereocenters. The zero-order valence-corrected chi connectivity index (χ0v) is 7.63. The second kappa shape index (κ2) is 3.00. The molecule has 2 aliphatic carbocycles. The third-order valence-electron chi connectivity index (χ3n) is 3.82. The second-order valence-corrected chi connectivity index (χ2v) is 4.59. The van der Waals surface area contributed by atoms with Crippen molar-refractivity contribution in [3.05, 3.63) is 0 Å². The van der Waals surface area contributed by atoms with Crippen molar-refractivity contribution in [1.29, 1.82) is 0 Å². The van der Waals surface area contributed by atoms with Gasteiger partial charge in [-0.2, -0.15) is 0 Å². The van der Waals surface area contributed by atoms with Crippen molar-refractivity contribution >= 4 is 0 Å². The van der Waals surface area contributed by atoms with Crippen molar-refractivity contribution in [2.45, 2.75) is 44.6 Å². The Kier molecular flexibility index (Phi) is 2.13. The van der Waals surface area contributed by atoms with Crippen molar-refractivity contribution in [1.82, 2.24) is 0 Å². The lowest BCUT2D eigenvalue weighted by Crippen LogP contribution is -2.39. The molecule has 0 aliphatic heterocycles. The number of hydrogen-bond donors (Lipinski definition) is 2. The Morgan fingerprint density at radius 1 is 1.33 bits per heavy atom. The molecule has 2 aliphatic rings. The van der Waals surface area contributed by atoms with Gasteiger partial charge < -0.3 is 10.8 Å². The molecule has 0 saturated heterocycles. The van der Waals surface area contributed by atoms with E-state index in [1.807, 2.05) is 0 Å². The standard InChI is InChI=1S/C10H19NO/c11-9(8-3-1-2-4-8)10(7-12)5-6-10/h8-9,12H,1-7,11H2. The molecule has 0 aromatic carbocycles. The second-order valence-electron chi connectivity index (χ2n) is 4.59. The van der Waals surface area contributed by atoms with Crippen LogP contribution in [-0.4, -0.2) is 17.8 Å². The summed E-state index contributed by atoms with van der Waals surface area (Å²) < 4.78 is 0. The summed E-state index contributed by atoms with van der Waals surface area (Å²) in [5, 5.41) is 9.21. The molecule has 70 valence electrons. The first kappa shape index (κ1) is 8.52. The Balaban J connectivity index is 1.94. The molecule has 12 heavy (non-hydrogen) atoms. The highest BCUT2D eigenvalue weighted by molar-refractivity contribution is 5.03. The van der Waals surface area contributed by atoms with Crippen molar-refractivity contribution < 1.29 is 5.11 Å². The Labute approximate surface area is 74.1 Å². The maximum Gasteiger partial charge on any atom is 0.0502 e. The SMILES string of the molecule is NC(C1CCCC1)C1(CO)CC1. The lowest BCUT2D eigenvalue weighted by molar-refractivity contribution is 0.161. The zero-order valence-electron chi connectivity index (χ0n) is 7.63. The summed E-state index contributed by atoms with van der Waals surface area (Å²) in [7, 11) is 0. The Hall–Kier alpha value is -0.0800. The number of hydrogen-bond acceptors (Lipinski definition) is 2. The van der Waals surface area contributed by atoms with Crippen molar-refractivity contribution in [2.24, 2.45) is 17.1 Å². The van der Waals surface area contributed by atoms with Gasteiger partial charge in [0.2, 0.25) is 0 Å². The molecule has 1 unspecified atom stereocenters. The normalized spacial score (nSPS) is 30.5. The average molecular weight is 169 g/mol. The maximum absolute atomic E-state index is 9.21. The van der Waals surface area contributed by atoms with Crippen molar-refractivity contribution in [3.8, 4) is 0 Å². The van der Waals surface area contributed by atoms with E-state index < -0.39 is 0 Å². The van der Waals surface area contributed by atoms with Gasteiger partial charge in [-0.05, 0) is 31.6 Å². The Bertz CT molecular complexity index is 159. The molecule has 0 amide bonds. The third kappa shape index (κ3) is 1.27. The van der Waals surface area contributed by atoms with Crippen LogP contribution in [0, 0.1) is 11.3 Å². The number of aliphatic hydroxyl groups is 1. The van der Waals surface area contributed by atoms with Gasteiger partial charge in [-0.3, -0.25) is 0 Å². The average Bonchev–Trinajstić information content (AvgIpc) is 2.71. The lowest BCUT2D eigenvalue weighted by Gasteiger charge is -2.26. The molecule has 3 N–H and O–H groups in total. The van der Waals surface area contributed by atoms with E-state index in [0.29, 0.717) is 12.5 Å². The van der Waals surface area contributed by atoms with Gasteiger partial charge in [0, 0.05) is 11.5 Å². The first-order chi connectivity index (χ1) is 5.78. The van der Waals surface area contributed by atoms with Gasteiger partial charge >= 0.3 is 0 Å². The van der Waals surface area contributed by atoms with E-state index in [1.165, 1.54) is 25.7 Å². The third-order valence-corrected chi connectivity index (χ3v) is 3.82.